The second-order valence-corrected chi connectivity index (χ2v) is 10.3. The van der Waals surface area contributed by atoms with E-state index in [-0.39, 0.29) is 5.54 Å². The van der Waals surface area contributed by atoms with Crippen molar-refractivity contribution in [1.82, 2.24) is 0 Å². The van der Waals surface area contributed by atoms with Gasteiger partial charge in [0.1, 0.15) is 11.2 Å². The molecule has 36 heavy (non-hydrogen) atoms. The van der Waals surface area contributed by atoms with Gasteiger partial charge in [0.05, 0.1) is 0 Å². The molecule has 0 aliphatic rings. The molecule has 0 amide bonds. The van der Waals surface area contributed by atoms with Gasteiger partial charge in [-0.25, -0.2) is 0 Å². The van der Waals surface area contributed by atoms with Crippen LogP contribution in [0.4, 0.5) is 11.4 Å². The first kappa shape index (κ1) is 22.2. The Hall–Kier alpha value is -4.30. The lowest BCUT2D eigenvalue weighted by molar-refractivity contribution is 0.560. The van der Waals surface area contributed by atoms with Crippen molar-refractivity contribution in [1.29, 1.82) is 0 Å². The van der Waals surface area contributed by atoms with Gasteiger partial charge in [-0.15, -0.1) is 0 Å². The summed E-state index contributed by atoms with van der Waals surface area (Å²) < 4.78 is 6.15. The van der Waals surface area contributed by atoms with Crippen molar-refractivity contribution in [2.75, 3.05) is 4.90 Å². The molecule has 2 heteroatoms. The molecule has 0 saturated heterocycles. The molecular weight excluding hydrogens is 438 g/mol. The standard InChI is InChI=1S/C34H29NO/c1-34(2,3)35(28-19-16-25(17-20-28)24-10-5-4-6-11-24)29-13-9-12-26(22-29)27-18-21-31-30-14-7-8-15-32(30)36-33(31)23-27/h4-23H,1-3H3. The molecule has 6 aromatic rings. The molecule has 0 spiro atoms. The fourth-order valence-corrected chi connectivity index (χ4v) is 5.09. The number of para-hydroxylation sites is 1. The van der Waals surface area contributed by atoms with E-state index >= 15 is 0 Å². The van der Waals surface area contributed by atoms with Crippen molar-refractivity contribution >= 4 is 33.3 Å². The van der Waals surface area contributed by atoms with E-state index in [0.717, 1.165) is 33.2 Å². The minimum absolute atomic E-state index is 0.102. The van der Waals surface area contributed by atoms with E-state index in [9.17, 15) is 0 Å². The van der Waals surface area contributed by atoms with Crippen LogP contribution in [0.25, 0.3) is 44.2 Å². The normalized spacial score (nSPS) is 11.8. The van der Waals surface area contributed by atoms with Crippen LogP contribution in [0.15, 0.2) is 126 Å². The van der Waals surface area contributed by atoms with Crippen LogP contribution in [0.3, 0.4) is 0 Å². The minimum Gasteiger partial charge on any atom is -0.456 e. The third-order valence-corrected chi connectivity index (χ3v) is 6.72. The van der Waals surface area contributed by atoms with Gasteiger partial charge in [-0.3, -0.25) is 0 Å². The number of hydrogen-bond donors (Lipinski definition) is 0. The number of rotatable bonds is 4. The van der Waals surface area contributed by atoms with Gasteiger partial charge in [-0.2, -0.15) is 0 Å². The molecule has 0 saturated carbocycles. The van der Waals surface area contributed by atoms with Gasteiger partial charge < -0.3 is 9.32 Å². The zero-order chi connectivity index (χ0) is 24.7. The van der Waals surface area contributed by atoms with Crippen LogP contribution in [0.1, 0.15) is 20.8 Å². The topological polar surface area (TPSA) is 16.4 Å². The van der Waals surface area contributed by atoms with Crippen LogP contribution < -0.4 is 4.90 Å². The lowest BCUT2D eigenvalue weighted by Gasteiger charge is -2.38. The molecule has 0 bridgehead atoms. The molecule has 5 aromatic carbocycles. The summed E-state index contributed by atoms with van der Waals surface area (Å²) >= 11 is 0. The van der Waals surface area contributed by atoms with E-state index in [4.69, 9.17) is 4.42 Å². The second kappa shape index (κ2) is 8.73. The number of nitrogens with zero attached hydrogens (tertiary/aromatic N) is 1. The number of furan rings is 1. The van der Waals surface area contributed by atoms with Gasteiger partial charge in [0.15, 0.2) is 0 Å². The Morgan fingerprint density at radius 3 is 1.86 bits per heavy atom. The Bertz CT molecular complexity index is 1650. The third kappa shape index (κ3) is 4.05. The van der Waals surface area contributed by atoms with Crippen LogP contribution in [0.5, 0.6) is 0 Å². The quantitative estimate of drug-likeness (QED) is 0.256. The molecule has 1 aromatic heterocycles. The molecule has 0 radical (unpaired) electrons. The monoisotopic (exact) mass is 467 g/mol. The van der Waals surface area contributed by atoms with Crippen molar-refractivity contribution in [3.63, 3.8) is 0 Å². The van der Waals surface area contributed by atoms with Crippen LogP contribution in [0, 0.1) is 0 Å². The van der Waals surface area contributed by atoms with Gasteiger partial charge in [0, 0.05) is 27.7 Å². The Morgan fingerprint density at radius 2 is 1.08 bits per heavy atom. The van der Waals surface area contributed by atoms with E-state index in [2.05, 4.69) is 135 Å². The highest BCUT2D eigenvalue weighted by atomic mass is 16.3. The van der Waals surface area contributed by atoms with E-state index in [1.807, 2.05) is 12.1 Å². The molecule has 1 heterocycles. The molecule has 0 fully saturated rings. The third-order valence-electron chi connectivity index (χ3n) is 6.72. The maximum absolute atomic E-state index is 6.15. The number of benzene rings is 5. The average molecular weight is 468 g/mol. The average Bonchev–Trinajstić information content (AvgIpc) is 3.27. The zero-order valence-electron chi connectivity index (χ0n) is 20.9. The zero-order valence-corrected chi connectivity index (χ0v) is 20.9. The van der Waals surface area contributed by atoms with Gasteiger partial charge in [-0.1, -0.05) is 78.9 Å². The molecule has 0 N–H and O–H groups in total. The van der Waals surface area contributed by atoms with Crippen molar-refractivity contribution in [2.45, 2.75) is 26.3 Å². The maximum Gasteiger partial charge on any atom is 0.136 e. The highest BCUT2D eigenvalue weighted by Crippen LogP contribution is 2.38. The lowest BCUT2D eigenvalue weighted by Crippen LogP contribution is -2.37. The van der Waals surface area contributed by atoms with Crippen LogP contribution in [-0.2, 0) is 0 Å². The first-order chi connectivity index (χ1) is 17.5. The fraction of sp³-hybridized carbons (Fsp3) is 0.118. The lowest BCUT2D eigenvalue weighted by atomic mass is 9.98. The summed E-state index contributed by atoms with van der Waals surface area (Å²) in [5, 5.41) is 2.31. The predicted octanol–water partition coefficient (Wildman–Crippen LogP) is 9.86. The largest absolute Gasteiger partial charge is 0.456 e. The minimum atomic E-state index is -0.102. The van der Waals surface area contributed by atoms with Crippen molar-refractivity contribution < 1.29 is 4.42 Å². The van der Waals surface area contributed by atoms with Crippen molar-refractivity contribution in [2.24, 2.45) is 0 Å². The Morgan fingerprint density at radius 1 is 0.472 bits per heavy atom. The number of anilines is 2. The Balaban J connectivity index is 1.39. The van der Waals surface area contributed by atoms with Crippen molar-refractivity contribution in [3.8, 4) is 22.3 Å². The fourth-order valence-electron chi connectivity index (χ4n) is 5.09. The Labute approximate surface area is 212 Å². The van der Waals surface area contributed by atoms with Crippen LogP contribution in [0.2, 0.25) is 0 Å². The molecular formula is C34H29NO. The predicted molar refractivity (Wildman–Crippen MR) is 153 cm³/mol. The Kier molecular flexibility index (Phi) is 5.38. The van der Waals surface area contributed by atoms with Crippen molar-refractivity contribution in [3.05, 3.63) is 121 Å². The van der Waals surface area contributed by atoms with Gasteiger partial charge in [-0.05, 0) is 85.5 Å². The summed E-state index contributed by atoms with van der Waals surface area (Å²) in [6, 6.07) is 42.9. The molecule has 0 aliphatic carbocycles. The van der Waals surface area contributed by atoms with Gasteiger partial charge >= 0.3 is 0 Å². The van der Waals surface area contributed by atoms with E-state index < -0.39 is 0 Å². The van der Waals surface area contributed by atoms with E-state index in [0.29, 0.717) is 0 Å². The first-order valence-corrected chi connectivity index (χ1v) is 12.4. The van der Waals surface area contributed by atoms with Crippen LogP contribution >= 0.6 is 0 Å². The summed E-state index contributed by atoms with van der Waals surface area (Å²) in [5.74, 6) is 0. The molecule has 2 nitrogen and oxygen atoms in total. The summed E-state index contributed by atoms with van der Waals surface area (Å²) in [7, 11) is 0. The molecule has 0 unspecified atom stereocenters. The molecule has 0 aliphatic heterocycles. The smallest absolute Gasteiger partial charge is 0.136 e. The second-order valence-electron chi connectivity index (χ2n) is 10.3. The molecule has 0 atom stereocenters. The van der Waals surface area contributed by atoms with E-state index in [1.165, 1.54) is 22.4 Å². The number of hydrogen-bond acceptors (Lipinski definition) is 2. The summed E-state index contributed by atoms with van der Waals surface area (Å²) in [6.45, 7) is 6.77. The summed E-state index contributed by atoms with van der Waals surface area (Å²) in [5.41, 5.74) is 8.86. The maximum atomic E-state index is 6.15. The molecule has 176 valence electrons. The number of fused-ring (bicyclic) bond motifs is 3. The SMILES string of the molecule is CC(C)(C)N(c1ccc(-c2ccccc2)cc1)c1cccc(-c2ccc3c(c2)oc2ccccc23)c1. The highest BCUT2D eigenvalue weighted by Gasteiger charge is 2.24. The van der Waals surface area contributed by atoms with Gasteiger partial charge in [0.2, 0.25) is 0 Å². The highest BCUT2D eigenvalue weighted by molar-refractivity contribution is 6.05. The molecule has 6 rings (SSSR count). The van der Waals surface area contributed by atoms with E-state index in [1.54, 1.807) is 0 Å². The van der Waals surface area contributed by atoms with Gasteiger partial charge in [0.25, 0.3) is 0 Å². The summed E-state index contributed by atoms with van der Waals surface area (Å²) in [6.07, 6.45) is 0. The van der Waals surface area contributed by atoms with Crippen LogP contribution in [-0.4, -0.2) is 5.54 Å². The first-order valence-electron chi connectivity index (χ1n) is 12.4. The summed E-state index contributed by atoms with van der Waals surface area (Å²) in [4.78, 5) is 2.41.